The molecule has 0 aromatic rings. The zero-order valence-electron chi connectivity index (χ0n) is 19.0. The van der Waals surface area contributed by atoms with Crippen molar-refractivity contribution in [3.63, 3.8) is 0 Å². The summed E-state index contributed by atoms with van der Waals surface area (Å²) in [5.41, 5.74) is 5.65. The number of hydrogen-bond donors (Lipinski definition) is 0. The fourth-order valence-corrected chi connectivity index (χ4v) is 3.58. The summed E-state index contributed by atoms with van der Waals surface area (Å²) < 4.78 is 0. The normalized spacial score (nSPS) is 19.9. The zero-order valence-corrected chi connectivity index (χ0v) is 19.0. The molecule has 1 nitrogen and oxygen atoms in total. The largest absolute Gasteiger partial charge is 0.193 e. The first-order chi connectivity index (χ1) is 12.3. The van der Waals surface area contributed by atoms with Crippen molar-refractivity contribution in [1.29, 1.82) is 5.26 Å². The second kappa shape index (κ2) is 8.92. The summed E-state index contributed by atoms with van der Waals surface area (Å²) in [7, 11) is 0. The van der Waals surface area contributed by atoms with Crippen LogP contribution in [0.2, 0.25) is 0 Å². The van der Waals surface area contributed by atoms with Gasteiger partial charge >= 0.3 is 0 Å². The van der Waals surface area contributed by atoms with Gasteiger partial charge in [-0.1, -0.05) is 91.3 Å². The average Bonchev–Trinajstić information content (AvgIpc) is 2.48. The van der Waals surface area contributed by atoms with Crippen molar-refractivity contribution in [1.82, 2.24) is 0 Å². The minimum atomic E-state index is -0.0359. The van der Waals surface area contributed by atoms with Gasteiger partial charge in [0.25, 0.3) is 0 Å². The quantitative estimate of drug-likeness (QED) is 0.365. The molecule has 0 aromatic heterocycles. The van der Waals surface area contributed by atoms with Crippen LogP contribution in [-0.4, -0.2) is 0 Å². The Hall–Kier alpha value is -1.81. The Morgan fingerprint density at radius 1 is 1.00 bits per heavy atom. The van der Waals surface area contributed by atoms with Gasteiger partial charge < -0.3 is 0 Å². The van der Waals surface area contributed by atoms with Crippen LogP contribution in [0.5, 0.6) is 0 Å². The standard InChI is InChI=1S/C26H39N/c1-20-12-11-18-26(8,9)23(20)16-15-21(24(2,3)4)13-10-14-22(17-19-27)25(5,6)7/h10,13-17H,11-12,18H2,1-9H3/b14-10+,16-15+,21-13-,22-17-. The lowest BCUT2D eigenvalue weighted by Gasteiger charge is -2.33. The van der Waals surface area contributed by atoms with Gasteiger partial charge in [-0.25, -0.2) is 0 Å². The second-order valence-electron chi connectivity index (χ2n) is 10.5. The van der Waals surface area contributed by atoms with E-state index in [2.05, 4.69) is 98.8 Å². The molecule has 1 aliphatic carbocycles. The molecule has 27 heavy (non-hydrogen) atoms. The van der Waals surface area contributed by atoms with E-state index in [1.165, 1.54) is 36.0 Å². The van der Waals surface area contributed by atoms with Crippen LogP contribution >= 0.6 is 0 Å². The minimum absolute atomic E-state index is 0.0359. The van der Waals surface area contributed by atoms with Gasteiger partial charge in [0.2, 0.25) is 0 Å². The molecular formula is C26H39N. The van der Waals surface area contributed by atoms with Gasteiger partial charge in [0.1, 0.15) is 0 Å². The van der Waals surface area contributed by atoms with E-state index in [1.54, 1.807) is 6.08 Å². The molecule has 0 spiro atoms. The summed E-state index contributed by atoms with van der Waals surface area (Å²) in [4.78, 5) is 0. The third kappa shape index (κ3) is 7.02. The Bertz CT molecular complexity index is 714. The van der Waals surface area contributed by atoms with E-state index in [0.717, 1.165) is 5.57 Å². The molecule has 0 saturated carbocycles. The smallest absolute Gasteiger partial charge is 0.0915 e. The summed E-state index contributed by atoms with van der Waals surface area (Å²) in [5, 5.41) is 9.05. The third-order valence-corrected chi connectivity index (χ3v) is 5.48. The highest BCUT2D eigenvalue weighted by atomic mass is 14.3. The Labute approximate surface area is 168 Å². The molecule has 0 aliphatic heterocycles. The van der Waals surface area contributed by atoms with Crippen LogP contribution in [0.4, 0.5) is 0 Å². The molecule has 0 unspecified atom stereocenters. The fourth-order valence-electron chi connectivity index (χ4n) is 3.58. The number of hydrogen-bond acceptors (Lipinski definition) is 1. The highest BCUT2D eigenvalue weighted by Crippen LogP contribution is 2.41. The topological polar surface area (TPSA) is 23.8 Å². The first-order valence-electron chi connectivity index (χ1n) is 10.2. The van der Waals surface area contributed by atoms with Crippen LogP contribution in [-0.2, 0) is 0 Å². The molecule has 0 amide bonds. The molecule has 148 valence electrons. The molecule has 0 radical (unpaired) electrons. The zero-order chi connectivity index (χ0) is 20.9. The summed E-state index contributed by atoms with van der Waals surface area (Å²) in [6.07, 6.45) is 16.4. The van der Waals surface area contributed by atoms with Crippen molar-refractivity contribution in [2.45, 2.75) is 81.6 Å². The molecule has 0 bridgehead atoms. The maximum absolute atomic E-state index is 9.05. The summed E-state index contributed by atoms with van der Waals surface area (Å²) >= 11 is 0. The highest BCUT2D eigenvalue weighted by Gasteiger charge is 2.27. The Morgan fingerprint density at radius 2 is 1.59 bits per heavy atom. The van der Waals surface area contributed by atoms with Crippen molar-refractivity contribution in [2.75, 3.05) is 0 Å². The van der Waals surface area contributed by atoms with Gasteiger partial charge in [-0.05, 0) is 59.2 Å². The van der Waals surface area contributed by atoms with Crippen molar-refractivity contribution >= 4 is 0 Å². The van der Waals surface area contributed by atoms with Crippen LogP contribution in [0, 0.1) is 27.6 Å². The van der Waals surface area contributed by atoms with Gasteiger partial charge in [-0.15, -0.1) is 0 Å². The minimum Gasteiger partial charge on any atom is -0.193 e. The SMILES string of the molecule is CC1=C(/C=C/C(=C/C=C/C(=C/C#N)C(C)(C)C)C(C)(C)C)C(C)(C)CCC1. The first-order valence-corrected chi connectivity index (χ1v) is 10.2. The molecule has 0 heterocycles. The molecular weight excluding hydrogens is 326 g/mol. The molecule has 0 N–H and O–H groups in total. The molecule has 1 aliphatic rings. The third-order valence-electron chi connectivity index (χ3n) is 5.48. The number of allylic oxidation sites excluding steroid dienone is 10. The summed E-state index contributed by atoms with van der Waals surface area (Å²) in [5.74, 6) is 0. The maximum Gasteiger partial charge on any atom is 0.0915 e. The molecule has 0 saturated heterocycles. The molecule has 0 atom stereocenters. The van der Waals surface area contributed by atoms with Crippen LogP contribution in [0.1, 0.15) is 81.6 Å². The lowest BCUT2D eigenvalue weighted by molar-refractivity contribution is 0.376. The molecule has 1 heteroatoms. The van der Waals surface area contributed by atoms with Gasteiger partial charge in [-0.2, -0.15) is 5.26 Å². The maximum atomic E-state index is 9.05. The van der Waals surface area contributed by atoms with Gasteiger partial charge in [0, 0.05) is 6.08 Å². The number of nitriles is 1. The van der Waals surface area contributed by atoms with E-state index in [1.807, 2.05) is 0 Å². The van der Waals surface area contributed by atoms with Crippen molar-refractivity contribution in [3.05, 3.63) is 58.7 Å². The fraction of sp³-hybridized carbons (Fsp3) is 0.577. The monoisotopic (exact) mass is 365 g/mol. The molecule has 0 aromatic carbocycles. The number of nitrogens with zero attached hydrogens (tertiary/aromatic N) is 1. The highest BCUT2D eigenvalue weighted by molar-refractivity contribution is 5.40. The van der Waals surface area contributed by atoms with Gasteiger partial charge in [0.05, 0.1) is 6.07 Å². The Balaban J connectivity index is 3.21. The van der Waals surface area contributed by atoms with Crippen molar-refractivity contribution in [2.24, 2.45) is 16.2 Å². The molecule has 0 fully saturated rings. The second-order valence-corrected chi connectivity index (χ2v) is 10.5. The Morgan fingerprint density at radius 3 is 2.07 bits per heavy atom. The van der Waals surface area contributed by atoms with Crippen LogP contribution in [0.15, 0.2) is 58.7 Å². The lowest BCUT2D eigenvalue weighted by atomic mass is 9.72. The summed E-state index contributed by atoms with van der Waals surface area (Å²) in [6.45, 7) is 20.2. The van der Waals surface area contributed by atoms with E-state index >= 15 is 0 Å². The first kappa shape index (κ1) is 23.2. The van der Waals surface area contributed by atoms with E-state index in [0.29, 0.717) is 0 Å². The predicted molar refractivity (Wildman–Crippen MR) is 119 cm³/mol. The van der Waals surface area contributed by atoms with E-state index in [4.69, 9.17) is 5.26 Å². The molecule has 1 rings (SSSR count). The van der Waals surface area contributed by atoms with Gasteiger partial charge in [-0.3, -0.25) is 0 Å². The van der Waals surface area contributed by atoms with E-state index in [9.17, 15) is 0 Å². The van der Waals surface area contributed by atoms with Crippen molar-refractivity contribution in [3.8, 4) is 6.07 Å². The van der Waals surface area contributed by atoms with Gasteiger partial charge in [0.15, 0.2) is 0 Å². The van der Waals surface area contributed by atoms with Crippen LogP contribution in [0.25, 0.3) is 0 Å². The number of rotatable bonds is 4. The average molecular weight is 366 g/mol. The van der Waals surface area contributed by atoms with Crippen molar-refractivity contribution < 1.29 is 0 Å². The lowest BCUT2D eigenvalue weighted by Crippen LogP contribution is -2.19. The van der Waals surface area contributed by atoms with E-state index in [-0.39, 0.29) is 16.2 Å². The Kier molecular flexibility index (Phi) is 7.67. The van der Waals surface area contributed by atoms with Crippen LogP contribution < -0.4 is 0 Å². The summed E-state index contributed by atoms with van der Waals surface area (Å²) in [6, 6.07) is 2.17. The van der Waals surface area contributed by atoms with Crippen LogP contribution in [0.3, 0.4) is 0 Å². The predicted octanol–water partition coefficient (Wildman–Crippen LogP) is 8.09. The van der Waals surface area contributed by atoms with E-state index < -0.39 is 0 Å².